The van der Waals surface area contributed by atoms with Crippen LogP contribution in [0.15, 0.2) is 59.6 Å². The lowest BCUT2D eigenvalue weighted by Crippen LogP contribution is -2.32. The van der Waals surface area contributed by atoms with Gasteiger partial charge in [-0.15, -0.1) is 0 Å². The Kier molecular flexibility index (Phi) is 7.90. The van der Waals surface area contributed by atoms with Gasteiger partial charge in [-0.2, -0.15) is 0 Å². The number of amides is 2. The molecule has 0 radical (unpaired) electrons. The maximum absolute atomic E-state index is 12.2. The summed E-state index contributed by atoms with van der Waals surface area (Å²) < 4.78 is 5.77. The summed E-state index contributed by atoms with van der Waals surface area (Å²) >= 11 is 1.29. The van der Waals surface area contributed by atoms with Gasteiger partial charge in [-0.3, -0.25) is 9.59 Å². The number of rotatable bonds is 9. The molecule has 1 fully saturated rings. The summed E-state index contributed by atoms with van der Waals surface area (Å²) in [4.78, 5) is 28.7. The average molecular weight is 426 g/mol. The molecule has 0 saturated carbocycles. The van der Waals surface area contributed by atoms with Crippen molar-refractivity contribution >= 4 is 34.4 Å². The van der Waals surface area contributed by atoms with Crippen LogP contribution >= 0.6 is 11.8 Å². The van der Waals surface area contributed by atoms with Crippen molar-refractivity contribution in [1.82, 2.24) is 10.6 Å². The minimum Gasteiger partial charge on any atom is -0.489 e. The highest BCUT2D eigenvalue weighted by Gasteiger charge is 2.32. The third-order valence-corrected chi connectivity index (χ3v) is 5.59. The molecule has 1 aliphatic rings. The maximum atomic E-state index is 12.2. The molecule has 1 aliphatic heterocycles. The third-order valence-electron chi connectivity index (χ3n) is 4.51. The van der Waals surface area contributed by atoms with Crippen molar-refractivity contribution in [2.45, 2.75) is 38.5 Å². The molecule has 2 aromatic rings. The summed E-state index contributed by atoms with van der Waals surface area (Å²) in [5.41, 5.74) is 1.82. The van der Waals surface area contributed by atoms with Gasteiger partial charge in [0.15, 0.2) is 5.17 Å². The van der Waals surface area contributed by atoms with Crippen molar-refractivity contribution in [3.8, 4) is 5.75 Å². The SMILES string of the molecule is CC(C)CCNC(=O)C[C@@H]1SC(=Nc2ccc(OCc3ccccc3)cc2)NC1=O. The second-order valence-corrected chi connectivity index (χ2v) is 8.71. The Morgan fingerprint density at radius 1 is 1.17 bits per heavy atom. The zero-order chi connectivity index (χ0) is 21.3. The van der Waals surface area contributed by atoms with Crippen LogP contribution in [0.2, 0.25) is 0 Å². The number of carbonyl (C=O) groups excluding carboxylic acids is 2. The topological polar surface area (TPSA) is 79.8 Å². The molecule has 0 unspecified atom stereocenters. The summed E-state index contributed by atoms with van der Waals surface area (Å²) in [5, 5.41) is 5.69. The van der Waals surface area contributed by atoms with Gasteiger partial charge in [-0.05, 0) is 42.2 Å². The van der Waals surface area contributed by atoms with Crippen LogP contribution < -0.4 is 15.4 Å². The molecular weight excluding hydrogens is 398 g/mol. The summed E-state index contributed by atoms with van der Waals surface area (Å²) in [6, 6.07) is 17.3. The molecule has 0 bridgehead atoms. The van der Waals surface area contributed by atoms with Crippen molar-refractivity contribution in [1.29, 1.82) is 0 Å². The number of ether oxygens (including phenoxy) is 1. The number of hydrogen-bond donors (Lipinski definition) is 2. The van der Waals surface area contributed by atoms with E-state index in [2.05, 4.69) is 29.5 Å². The Bertz CT molecular complexity index is 882. The molecule has 0 aromatic heterocycles. The lowest BCUT2D eigenvalue weighted by atomic mass is 10.1. The van der Waals surface area contributed by atoms with E-state index in [0.717, 1.165) is 17.7 Å². The first-order valence-electron chi connectivity index (χ1n) is 10.1. The third kappa shape index (κ3) is 6.91. The Balaban J connectivity index is 1.49. The van der Waals surface area contributed by atoms with Crippen LogP contribution in [-0.4, -0.2) is 28.8 Å². The van der Waals surface area contributed by atoms with Crippen molar-refractivity contribution in [2.75, 3.05) is 6.54 Å². The Labute approximate surface area is 181 Å². The molecule has 158 valence electrons. The summed E-state index contributed by atoms with van der Waals surface area (Å²) in [6.07, 6.45) is 1.08. The molecule has 2 amide bonds. The molecule has 1 heterocycles. The van der Waals surface area contributed by atoms with Crippen LogP contribution in [-0.2, 0) is 16.2 Å². The average Bonchev–Trinajstić information content (AvgIpc) is 3.06. The highest BCUT2D eigenvalue weighted by atomic mass is 32.2. The maximum Gasteiger partial charge on any atom is 0.240 e. The van der Waals surface area contributed by atoms with E-state index in [1.807, 2.05) is 54.6 Å². The van der Waals surface area contributed by atoms with Crippen LogP contribution in [0.1, 0.15) is 32.3 Å². The van der Waals surface area contributed by atoms with Gasteiger partial charge >= 0.3 is 0 Å². The van der Waals surface area contributed by atoms with E-state index >= 15 is 0 Å². The van der Waals surface area contributed by atoms with Crippen LogP contribution in [0.5, 0.6) is 5.75 Å². The molecule has 0 spiro atoms. The van der Waals surface area contributed by atoms with Crippen LogP contribution in [0.25, 0.3) is 0 Å². The quantitative estimate of drug-likeness (QED) is 0.636. The lowest BCUT2D eigenvalue weighted by Gasteiger charge is -2.08. The number of benzene rings is 2. The second kappa shape index (κ2) is 10.8. The van der Waals surface area contributed by atoms with Gasteiger partial charge in [-0.1, -0.05) is 55.9 Å². The van der Waals surface area contributed by atoms with Crippen LogP contribution in [0.3, 0.4) is 0 Å². The molecule has 2 aromatic carbocycles. The fourth-order valence-electron chi connectivity index (χ4n) is 2.81. The molecular formula is C23H27N3O3S. The molecule has 7 heteroatoms. The van der Waals surface area contributed by atoms with Gasteiger partial charge in [0.05, 0.1) is 5.69 Å². The van der Waals surface area contributed by atoms with E-state index in [-0.39, 0.29) is 18.2 Å². The van der Waals surface area contributed by atoms with Crippen molar-refractivity contribution < 1.29 is 14.3 Å². The van der Waals surface area contributed by atoms with Gasteiger partial charge in [0, 0.05) is 13.0 Å². The molecule has 1 atom stereocenters. The number of thioether (sulfide) groups is 1. The fraction of sp³-hybridized carbons (Fsp3) is 0.348. The number of hydrogen-bond acceptors (Lipinski definition) is 5. The molecule has 30 heavy (non-hydrogen) atoms. The molecule has 2 N–H and O–H groups in total. The number of aliphatic imine (C=N–C) groups is 1. The monoisotopic (exact) mass is 425 g/mol. The minimum atomic E-state index is -0.448. The van der Waals surface area contributed by atoms with Gasteiger partial charge in [0.2, 0.25) is 11.8 Å². The summed E-state index contributed by atoms with van der Waals surface area (Å²) in [7, 11) is 0. The number of amidine groups is 1. The smallest absolute Gasteiger partial charge is 0.240 e. The van der Waals surface area contributed by atoms with E-state index < -0.39 is 5.25 Å². The van der Waals surface area contributed by atoms with Crippen molar-refractivity contribution in [2.24, 2.45) is 10.9 Å². The van der Waals surface area contributed by atoms with Crippen LogP contribution in [0, 0.1) is 5.92 Å². The van der Waals surface area contributed by atoms with Gasteiger partial charge < -0.3 is 15.4 Å². The first kappa shape index (κ1) is 21.9. The number of nitrogens with one attached hydrogen (secondary N) is 2. The first-order valence-corrected chi connectivity index (χ1v) is 11.0. The van der Waals surface area contributed by atoms with Gasteiger partial charge in [0.25, 0.3) is 0 Å². The first-order chi connectivity index (χ1) is 14.5. The van der Waals surface area contributed by atoms with E-state index in [0.29, 0.717) is 29.9 Å². The normalized spacial score (nSPS) is 17.2. The Hall–Kier alpha value is -2.80. The number of nitrogens with zero attached hydrogens (tertiary/aromatic N) is 1. The predicted molar refractivity (Wildman–Crippen MR) is 121 cm³/mol. The second-order valence-electron chi connectivity index (χ2n) is 7.52. The Morgan fingerprint density at radius 2 is 1.90 bits per heavy atom. The zero-order valence-electron chi connectivity index (χ0n) is 17.3. The van der Waals surface area contributed by atoms with E-state index in [9.17, 15) is 9.59 Å². The molecule has 1 saturated heterocycles. The Morgan fingerprint density at radius 3 is 2.60 bits per heavy atom. The summed E-state index contributed by atoms with van der Waals surface area (Å²) in [6.45, 7) is 5.35. The highest BCUT2D eigenvalue weighted by Crippen LogP contribution is 2.26. The lowest BCUT2D eigenvalue weighted by molar-refractivity contribution is -0.125. The van der Waals surface area contributed by atoms with Gasteiger partial charge in [-0.25, -0.2) is 4.99 Å². The number of carbonyl (C=O) groups is 2. The van der Waals surface area contributed by atoms with E-state index in [1.54, 1.807) is 0 Å². The van der Waals surface area contributed by atoms with E-state index in [1.165, 1.54) is 11.8 Å². The van der Waals surface area contributed by atoms with Gasteiger partial charge in [0.1, 0.15) is 17.6 Å². The van der Waals surface area contributed by atoms with E-state index in [4.69, 9.17) is 4.74 Å². The highest BCUT2D eigenvalue weighted by molar-refractivity contribution is 8.15. The zero-order valence-corrected chi connectivity index (χ0v) is 18.1. The summed E-state index contributed by atoms with van der Waals surface area (Å²) in [5.74, 6) is 0.996. The molecule has 6 nitrogen and oxygen atoms in total. The predicted octanol–water partition coefficient (Wildman–Crippen LogP) is 4.04. The minimum absolute atomic E-state index is 0.107. The largest absolute Gasteiger partial charge is 0.489 e. The van der Waals surface area contributed by atoms with Crippen molar-refractivity contribution in [3.05, 3.63) is 60.2 Å². The van der Waals surface area contributed by atoms with Crippen LogP contribution in [0.4, 0.5) is 5.69 Å². The standard InChI is InChI=1S/C23H27N3O3S/c1-16(2)12-13-24-21(27)14-20-22(28)26-23(30-20)25-18-8-10-19(11-9-18)29-15-17-6-4-3-5-7-17/h3-11,16,20H,12-15H2,1-2H3,(H,24,27)(H,25,26,28)/t20-/m0/s1. The fourth-order valence-corrected chi connectivity index (χ4v) is 3.80. The molecule has 0 aliphatic carbocycles. The van der Waals surface area contributed by atoms with Crippen molar-refractivity contribution in [3.63, 3.8) is 0 Å². The molecule has 3 rings (SSSR count).